The van der Waals surface area contributed by atoms with Crippen molar-refractivity contribution in [3.8, 4) is 5.75 Å². The second kappa shape index (κ2) is 10.6. The van der Waals surface area contributed by atoms with Crippen LogP contribution in [0.25, 0.3) is 0 Å². The molecule has 0 atom stereocenters. The highest BCUT2D eigenvalue weighted by Gasteiger charge is 2.16. The van der Waals surface area contributed by atoms with Gasteiger partial charge in [-0.2, -0.15) is 0 Å². The minimum atomic E-state index is -3.73. The van der Waals surface area contributed by atoms with Crippen molar-refractivity contribution < 1.29 is 17.9 Å². The monoisotopic (exact) mass is 533 g/mol. The maximum atomic E-state index is 12.6. The number of hydrogen-bond donors (Lipinski definition) is 3. The van der Waals surface area contributed by atoms with Crippen LogP contribution in [0.3, 0.4) is 0 Å². The lowest BCUT2D eigenvalue weighted by atomic mass is 10.2. The van der Waals surface area contributed by atoms with Crippen molar-refractivity contribution in [1.29, 1.82) is 0 Å². The third kappa shape index (κ3) is 6.28. The number of hydrogen-bond acceptors (Lipinski definition) is 5. The lowest BCUT2D eigenvalue weighted by Crippen LogP contribution is -2.34. The normalized spacial score (nSPS) is 10.8. The highest BCUT2D eigenvalue weighted by Crippen LogP contribution is 2.23. The summed E-state index contributed by atoms with van der Waals surface area (Å²) in [5.74, 6) is 0.00925. The van der Waals surface area contributed by atoms with Crippen LogP contribution in [0.1, 0.15) is 17.3 Å². The second-order valence-electron chi connectivity index (χ2n) is 6.48. The first-order valence-electron chi connectivity index (χ1n) is 9.51. The fraction of sp³-hybridized carbons (Fsp3) is 0.0909. The van der Waals surface area contributed by atoms with Gasteiger partial charge in [0, 0.05) is 15.8 Å². The molecule has 0 bridgehead atoms. The smallest absolute Gasteiger partial charge is 0.261 e. The van der Waals surface area contributed by atoms with Crippen LogP contribution in [0.4, 0.5) is 11.4 Å². The van der Waals surface area contributed by atoms with E-state index in [4.69, 9.17) is 17.0 Å². The number of ether oxygens (including phenoxy) is 1. The molecule has 0 unspecified atom stereocenters. The van der Waals surface area contributed by atoms with Crippen molar-refractivity contribution in [3.63, 3.8) is 0 Å². The summed E-state index contributed by atoms with van der Waals surface area (Å²) in [4.78, 5) is 12.7. The molecule has 0 aliphatic carbocycles. The Morgan fingerprint density at radius 3 is 2.34 bits per heavy atom. The van der Waals surface area contributed by atoms with Gasteiger partial charge in [-0.15, -0.1) is 0 Å². The SMILES string of the molecule is CCOc1ccc(Br)cc1C(=O)NC(=S)Nc1ccc(S(=O)(=O)Nc2ccccc2)cc1. The summed E-state index contributed by atoms with van der Waals surface area (Å²) in [6.45, 7) is 2.24. The van der Waals surface area contributed by atoms with Crippen LogP contribution in [-0.4, -0.2) is 26.0 Å². The number of sulfonamides is 1. The molecular formula is C22H20BrN3O4S2. The molecule has 0 heterocycles. The van der Waals surface area contributed by atoms with E-state index in [0.717, 1.165) is 4.47 Å². The standard InChI is InChI=1S/C22H20BrN3O4S2/c1-2-30-20-13-8-15(23)14-19(20)21(27)25-22(31)24-16-9-11-18(12-10-16)32(28,29)26-17-6-4-3-5-7-17/h3-14,26H,2H2,1H3,(H2,24,25,27,31). The Bertz CT molecular complexity index is 1220. The molecule has 0 radical (unpaired) electrons. The third-order valence-electron chi connectivity index (χ3n) is 4.16. The summed E-state index contributed by atoms with van der Waals surface area (Å²) >= 11 is 8.56. The molecule has 0 saturated carbocycles. The first kappa shape index (κ1) is 23.7. The maximum Gasteiger partial charge on any atom is 0.261 e. The molecule has 0 saturated heterocycles. The Morgan fingerprint density at radius 1 is 1.00 bits per heavy atom. The van der Waals surface area contributed by atoms with Gasteiger partial charge in [0.1, 0.15) is 5.75 Å². The highest BCUT2D eigenvalue weighted by molar-refractivity contribution is 9.10. The molecule has 0 spiro atoms. The Morgan fingerprint density at radius 2 is 1.69 bits per heavy atom. The van der Waals surface area contributed by atoms with Crippen LogP contribution >= 0.6 is 28.1 Å². The molecule has 3 N–H and O–H groups in total. The predicted octanol–water partition coefficient (Wildman–Crippen LogP) is 4.78. The van der Waals surface area contributed by atoms with Crippen molar-refractivity contribution in [2.75, 3.05) is 16.6 Å². The minimum absolute atomic E-state index is 0.0652. The number of para-hydroxylation sites is 1. The Labute approximate surface area is 200 Å². The van der Waals surface area contributed by atoms with E-state index in [1.807, 2.05) is 6.92 Å². The summed E-state index contributed by atoms with van der Waals surface area (Å²) in [5.41, 5.74) is 1.32. The number of amides is 1. The Hall–Kier alpha value is -2.95. The van der Waals surface area contributed by atoms with E-state index in [2.05, 4.69) is 31.3 Å². The van der Waals surface area contributed by atoms with Gasteiger partial charge >= 0.3 is 0 Å². The number of anilines is 2. The van der Waals surface area contributed by atoms with Crippen molar-refractivity contribution >= 4 is 60.6 Å². The van der Waals surface area contributed by atoms with Crippen LogP contribution in [0.2, 0.25) is 0 Å². The summed E-state index contributed by atoms with van der Waals surface area (Å²) in [5, 5.41) is 5.53. The Balaban J connectivity index is 1.65. The van der Waals surface area contributed by atoms with Gasteiger partial charge in [-0.25, -0.2) is 8.42 Å². The van der Waals surface area contributed by atoms with Crippen molar-refractivity contribution in [2.24, 2.45) is 0 Å². The number of halogens is 1. The topological polar surface area (TPSA) is 96.5 Å². The predicted molar refractivity (Wildman–Crippen MR) is 133 cm³/mol. The molecule has 0 aliphatic heterocycles. The molecular weight excluding hydrogens is 514 g/mol. The average molecular weight is 534 g/mol. The van der Waals surface area contributed by atoms with Gasteiger partial charge in [0.25, 0.3) is 15.9 Å². The third-order valence-corrected chi connectivity index (χ3v) is 6.26. The summed E-state index contributed by atoms with van der Waals surface area (Å²) in [6.07, 6.45) is 0. The molecule has 10 heteroatoms. The molecule has 0 fully saturated rings. The van der Waals surface area contributed by atoms with Gasteiger partial charge in [-0.1, -0.05) is 34.1 Å². The van der Waals surface area contributed by atoms with Gasteiger partial charge in [0.15, 0.2) is 5.11 Å². The minimum Gasteiger partial charge on any atom is -0.493 e. The number of rotatable bonds is 7. The van der Waals surface area contributed by atoms with Gasteiger partial charge < -0.3 is 10.1 Å². The molecule has 32 heavy (non-hydrogen) atoms. The Kier molecular flexibility index (Phi) is 7.84. The summed E-state index contributed by atoms with van der Waals surface area (Å²) in [6, 6.07) is 19.7. The van der Waals surface area contributed by atoms with E-state index < -0.39 is 15.9 Å². The molecule has 0 aliphatic rings. The number of thiocarbonyl (C=S) groups is 1. The molecule has 3 aromatic carbocycles. The van der Waals surface area contributed by atoms with Crippen LogP contribution in [0, 0.1) is 0 Å². The van der Waals surface area contributed by atoms with Crippen LogP contribution < -0.4 is 20.1 Å². The quantitative estimate of drug-likeness (QED) is 0.378. The molecule has 166 valence electrons. The number of benzene rings is 3. The van der Waals surface area contributed by atoms with E-state index in [0.29, 0.717) is 29.3 Å². The second-order valence-corrected chi connectivity index (χ2v) is 9.48. The molecule has 7 nitrogen and oxygen atoms in total. The molecule has 1 amide bonds. The zero-order chi connectivity index (χ0) is 23.1. The van der Waals surface area contributed by atoms with Crippen molar-refractivity contribution in [2.45, 2.75) is 11.8 Å². The molecule has 3 rings (SSSR count). The van der Waals surface area contributed by atoms with E-state index in [-0.39, 0.29) is 10.0 Å². The van der Waals surface area contributed by atoms with E-state index in [9.17, 15) is 13.2 Å². The van der Waals surface area contributed by atoms with E-state index in [1.54, 1.807) is 60.7 Å². The number of carbonyl (C=O) groups is 1. The van der Waals surface area contributed by atoms with Crippen LogP contribution in [-0.2, 0) is 10.0 Å². The van der Waals surface area contributed by atoms with Crippen LogP contribution in [0.15, 0.2) is 82.2 Å². The zero-order valence-corrected chi connectivity index (χ0v) is 20.2. The van der Waals surface area contributed by atoms with Gasteiger partial charge in [-0.3, -0.25) is 14.8 Å². The fourth-order valence-electron chi connectivity index (χ4n) is 2.73. The van der Waals surface area contributed by atoms with Gasteiger partial charge in [0.2, 0.25) is 0 Å². The average Bonchev–Trinajstić information content (AvgIpc) is 2.76. The first-order valence-corrected chi connectivity index (χ1v) is 12.2. The van der Waals surface area contributed by atoms with Crippen molar-refractivity contribution in [1.82, 2.24) is 5.32 Å². The lowest BCUT2D eigenvalue weighted by Gasteiger charge is -2.13. The van der Waals surface area contributed by atoms with Gasteiger partial charge in [0.05, 0.1) is 17.1 Å². The summed E-state index contributed by atoms with van der Waals surface area (Å²) in [7, 11) is -3.73. The number of nitrogens with one attached hydrogen (secondary N) is 3. The first-order chi connectivity index (χ1) is 15.3. The fourth-order valence-corrected chi connectivity index (χ4v) is 4.36. The summed E-state index contributed by atoms with van der Waals surface area (Å²) < 4.78 is 33.8. The van der Waals surface area contributed by atoms with Crippen LogP contribution in [0.5, 0.6) is 5.75 Å². The highest BCUT2D eigenvalue weighted by atomic mass is 79.9. The number of carbonyl (C=O) groups excluding carboxylic acids is 1. The van der Waals surface area contributed by atoms with Crippen molar-refractivity contribution in [3.05, 3.63) is 82.8 Å². The molecule has 3 aromatic rings. The maximum absolute atomic E-state index is 12.6. The molecule has 0 aromatic heterocycles. The lowest BCUT2D eigenvalue weighted by molar-refractivity contribution is 0.0974. The zero-order valence-electron chi connectivity index (χ0n) is 17.0. The van der Waals surface area contributed by atoms with E-state index >= 15 is 0 Å². The largest absolute Gasteiger partial charge is 0.493 e. The van der Waals surface area contributed by atoms with Gasteiger partial charge in [-0.05, 0) is 73.7 Å². The van der Waals surface area contributed by atoms with E-state index in [1.165, 1.54) is 12.1 Å².